The van der Waals surface area contributed by atoms with E-state index in [1.807, 2.05) is 18.6 Å². The summed E-state index contributed by atoms with van der Waals surface area (Å²) in [7, 11) is -3.95. The molecule has 1 rings (SSSR count). The number of sulfonamides is 1. The van der Waals surface area contributed by atoms with Gasteiger partial charge in [-0.2, -0.15) is 0 Å². The lowest BCUT2D eigenvalue weighted by Crippen LogP contribution is -2.51. The van der Waals surface area contributed by atoms with Crippen molar-refractivity contribution in [3.05, 3.63) is 29.8 Å². The molecular formula is C15H22N2O4S. The summed E-state index contributed by atoms with van der Waals surface area (Å²) < 4.78 is 26.5. The molecule has 1 aromatic rings. The van der Waals surface area contributed by atoms with Crippen LogP contribution < -0.4 is 10.0 Å². The van der Waals surface area contributed by atoms with Gasteiger partial charge in [-0.15, -0.1) is 0 Å². The van der Waals surface area contributed by atoms with Crippen LogP contribution in [0.15, 0.2) is 29.2 Å². The number of amides is 2. The fourth-order valence-electron chi connectivity index (χ4n) is 1.89. The van der Waals surface area contributed by atoms with Crippen LogP contribution in [-0.2, 0) is 19.6 Å². The van der Waals surface area contributed by atoms with Gasteiger partial charge in [0.05, 0.1) is 4.90 Å². The molecule has 0 aliphatic carbocycles. The summed E-state index contributed by atoms with van der Waals surface area (Å²) in [5.74, 6) is -1.30. The zero-order valence-electron chi connectivity index (χ0n) is 13.2. The average Bonchev–Trinajstić information content (AvgIpc) is 2.43. The Morgan fingerprint density at radius 3 is 2.18 bits per heavy atom. The zero-order chi connectivity index (χ0) is 16.9. The molecule has 2 N–H and O–H groups in total. The molecule has 2 amide bonds. The first-order valence-electron chi connectivity index (χ1n) is 7.07. The van der Waals surface area contributed by atoms with Crippen molar-refractivity contribution in [3.8, 4) is 0 Å². The predicted molar refractivity (Wildman–Crippen MR) is 83.6 cm³/mol. The fourth-order valence-corrected chi connectivity index (χ4v) is 2.90. The van der Waals surface area contributed by atoms with Crippen molar-refractivity contribution >= 4 is 21.8 Å². The molecule has 0 bridgehead atoms. The molecule has 0 radical (unpaired) electrons. The summed E-state index contributed by atoms with van der Waals surface area (Å²) >= 11 is 0. The van der Waals surface area contributed by atoms with Crippen molar-refractivity contribution in [2.75, 3.05) is 0 Å². The van der Waals surface area contributed by atoms with Gasteiger partial charge in [0.1, 0.15) is 6.04 Å². The number of hydrogen-bond acceptors (Lipinski definition) is 4. The van der Waals surface area contributed by atoms with E-state index in [4.69, 9.17) is 0 Å². The fraction of sp³-hybridized carbons (Fsp3) is 0.467. The van der Waals surface area contributed by atoms with Gasteiger partial charge in [-0.3, -0.25) is 9.59 Å². The van der Waals surface area contributed by atoms with Crippen LogP contribution in [0, 0.1) is 12.8 Å². The summed E-state index contributed by atoms with van der Waals surface area (Å²) in [6, 6.07) is 5.28. The van der Waals surface area contributed by atoms with Crippen molar-refractivity contribution in [1.29, 1.82) is 0 Å². The molecule has 0 unspecified atom stereocenters. The topological polar surface area (TPSA) is 92.3 Å². The second kappa shape index (κ2) is 7.40. The van der Waals surface area contributed by atoms with Crippen LogP contribution in [0.4, 0.5) is 0 Å². The maximum absolute atomic E-state index is 12.2. The van der Waals surface area contributed by atoms with Crippen molar-refractivity contribution in [1.82, 2.24) is 10.0 Å². The summed E-state index contributed by atoms with van der Waals surface area (Å²) in [5.41, 5.74) is 0.918. The van der Waals surface area contributed by atoms with E-state index in [1.54, 1.807) is 19.1 Å². The average molecular weight is 326 g/mol. The van der Waals surface area contributed by atoms with Crippen LogP contribution in [0.25, 0.3) is 0 Å². The van der Waals surface area contributed by atoms with Crippen LogP contribution in [0.2, 0.25) is 0 Å². The molecule has 0 heterocycles. The Bertz CT molecular complexity index is 638. The normalized spacial score (nSPS) is 14.0. The number of carbonyl (C=O) groups excluding carboxylic acids is 2. The number of nitrogens with one attached hydrogen (secondary N) is 2. The van der Waals surface area contributed by atoms with Gasteiger partial charge in [0.25, 0.3) is 15.9 Å². The van der Waals surface area contributed by atoms with Crippen LogP contribution in [0.5, 0.6) is 0 Å². The zero-order valence-corrected chi connectivity index (χ0v) is 14.0. The van der Waals surface area contributed by atoms with Crippen molar-refractivity contribution in [2.45, 2.75) is 45.1 Å². The molecule has 0 fully saturated rings. The highest BCUT2D eigenvalue weighted by molar-refractivity contribution is 7.90. The molecule has 2 atom stereocenters. The van der Waals surface area contributed by atoms with E-state index in [2.05, 4.69) is 5.32 Å². The van der Waals surface area contributed by atoms with Gasteiger partial charge in [-0.1, -0.05) is 38.0 Å². The van der Waals surface area contributed by atoms with E-state index in [9.17, 15) is 18.0 Å². The van der Waals surface area contributed by atoms with Crippen LogP contribution in [0.3, 0.4) is 0 Å². The molecule has 22 heavy (non-hydrogen) atoms. The summed E-state index contributed by atoms with van der Waals surface area (Å²) in [6.07, 6.45) is 0.628. The maximum atomic E-state index is 12.2. The number of aryl methyl sites for hydroxylation is 1. The molecule has 0 saturated heterocycles. The molecule has 0 saturated carbocycles. The molecule has 122 valence electrons. The first-order chi connectivity index (χ1) is 10.2. The molecule has 1 aromatic carbocycles. The highest BCUT2D eigenvalue weighted by atomic mass is 32.2. The van der Waals surface area contributed by atoms with Crippen molar-refractivity contribution < 1.29 is 18.0 Å². The smallest absolute Gasteiger partial charge is 0.264 e. The van der Waals surface area contributed by atoms with Gasteiger partial charge in [0.15, 0.2) is 0 Å². The molecule has 0 aliphatic rings. The highest BCUT2D eigenvalue weighted by Crippen LogP contribution is 2.12. The molecule has 6 nitrogen and oxygen atoms in total. The quantitative estimate of drug-likeness (QED) is 0.825. The standard InChI is InChI=1S/C15H22N2O4S/c1-5-11(3)14(16-12(4)18)15(19)17-22(20,21)13-8-6-10(2)7-9-13/h6-9,11,14H,5H2,1-4H3,(H,16,18)(H,17,19)/t11-,14-/m0/s1. The minimum Gasteiger partial charge on any atom is -0.344 e. The van der Waals surface area contributed by atoms with Gasteiger partial charge in [-0.25, -0.2) is 13.1 Å². The maximum Gasteiger partial charge on any atom is 0.264 e. The Morgan fingerprint density at radius 2 is 1.73 bits per heavy atom. The van der Waals surface area contributed by atoms with Gasteiger partial charge < -0.3 is 5.32 Å². The molecule has 0 aliphatic heterocycles. The third-order valence-electron chi connectivity index (χ3n) is 3.42. The SMILES string of the molecule is CC[C@H](C)[C@H](NC(C)=O)C(=O)NS(=O)(=O)c1ccc(C)cc1. The largest absolute Gasteiger partial charge is 0.344 e. The minimum absolute atomic E-state index is 0.0113. The number of rotatable bonds is 6. The van der Waals surface area contributed by atoms with E-state index >= 15 is 0 Å². The van der Waals surface area contributed by atoms with Crippen LogP contribution in [-0.4, -0.2) is 26.3 Å². The van der Waals surface area contributed by atoms with Gasteiger partial charge >= 0.3 is 0 Å². The third-order valence-corrected chi connectivity index (χ3v) is 4.78. The van der Waals surface area contributed by atoms with Crippen molar-refractivity contribution in [2.24, 2.45) is 5.92 Å². The lowest BCUT2D eigenvalue weighted by molar-refractivity contribution is -0.128. The predicted octanol–water partition coefficient (Wildman–Crippen LogP) is 1.35. The van der Waals surface area contributed by atoms with Crippen molar-refractivity contribution in [3.63, 3.8) is 0 Å². The second-order valence-electron chi connectivity index (χ2n) is 5.35. The number of carbonyl (C=O) groups is 2. The lowest BCUT2D eigenvalue weighted by Gasteiger charge is -2.22. The van der Waals surface area contributed by atoms with Crippen LogP contribution >= 0.6 is 0 Å². The molecule has 0 spiro atoms. The van der Waals surface area contributed by atoms with E-state index < -0.39 is 22.0 Å². The number of benzene rings is 1. The molecule has 0 aromatic heterocycles. The number of hydrogen-bond donors (Lipinski definition) is 2. The monoisotopic (exact) mass is 326 g/mol. The van der Waals surface area contributed by atoms with Crippen LogP contribution in [0.1, 0.15) is 32.8 Å². The lowest BCUT2D eigenvalue weighted by atomic mass is 9.99. The highest BCUT2D eigenvalue weighted by Gasteiger charge is 2.28. The van der Waals surface area contributed by atoms with Gasteiger partial charge in [0, 0.05) is 6.92 Å². The summed E-state index contributed by atoms with van der Waals surface area (Å²) in [4.78, 5) is 23.5. The molecular weight excluding hydrogens is 304 g/mol. The minimum atomic E-state index is -3.95. The first-order valence-corrected chi connectivity index (χ1v) is 8.56. The van der Waals surface area contributed by atoms with E-state index in [0.717, 1.165) is 5.56 Å². The van der Waals surface area contributed by atoms with E-state index in [1.165, 1.54) is 19.1 Å². The van der Waals surface area contributed by atoms with E-state index in [-0.39, 0.29) is 16.7 Å². The third kappa shape index (κ3) is 4.84. The van der Waals surface area contributed by atoms with Gasteiger partial charge in [-0.05, 0) is 25.0 Å². The van der Waals surface area contributed by atoms with E-state index in [0.29, 0.717) is 6.42 Å². The second-order valence-corrected chi connectivity index (χ2v) is 7.03. The Kier molecular flexibility index (Phi) is 6.11. The Morgan fingerprint density at radius 1 is 1.18 bits per heavy atom. The Labute approximate surface area is 131 Å². The summed E-state index contributed by atoms with van der Waals surface area (Å²) in [5, 5.41) is 2.50. The van der Waals surface area contributed by atoms with Gasteiger partial charge in [0.2, 0.25) is 5.91 Å². The Hall–Kier alpha value is -1.89. The summed E-state index contributed by atoms with van der Waals surface area (Å²) in [6.45, 7) is 6.77. The first kappa shape index (κ1) is 18.2. The molecule has 7 heteroatoms. The Balaban J connectivity index is 2.96.